The van der Waals surface area contributed by atoms with Crippen LogP contribution >= 0.6 is 0 Å². The number of carbonyl (C=O) groups is 1. The molecule has 2 unspecified atom stereocenters. The highest BCUT2D eigenvalue weighted by Gasteiger charge is 2.21. The molecule has 0 radical (unpaired) electrons. The van der Waals surface area contributed by atoms with Crippen molar-refractivity contribution in [1.82, 2.24) is 4.90 Å². The van der Waals surface area contributed by atoms with E-state index in [0.29, 0.717) is 22.8 Å². The van der Waals surface area contributed by atoms with E-state index in [2.05, 4.69) is 4.90 Å². The third-order valence-corrected chi connectivity index (χ3v) is 4.84. The Hall–Kier alpha value is -1.24. The number of carboxylic acid groups (broad SMARTS) is 1. The molecule has 1 saturated heterocycles. The summed E-state index contributed by atoms with van der Waals surface area (Å²) in [5.74, 6) is -0.595. The zero-order valence-corrected chi connectivity index (χ0v) is 12.5. The normalized spacial score (nSPS) is 21.6. The summed E-state index contributed by atoms with van der Waals surface area (Å²) in [4.78, 5) is 13.8. The van der Waals surface area contributed by atoms with Gasteiger partial charge in [-0.05, 0) is 31.7 Å². The molecule has 1 heterocycles. The molecule has 0 spiro atoms. The molecule has 0 aromatic heterocycles. The summed E-state index contributed by atoms with van der Waals surface area (Å²) in [7, 11) is 0.761. The maximum absolute atomic E-state index is 12.3. The highest BCUT2D eigenvalue weighted by atomic mass is 32.2. The first-order valence-corrected chi connectivity index (χ1v) is 7.81. The predicted molar refractivity (Wildman–Crippen MR) is 76.7 cm³/mol. The molecule has 5 nitrogen and oxygen atoms in total. The topological polar surface area (TPSA) is 66.8 Å². The molecule has 110 valence electrons. The van der Waals surface area contributed by atoms with Crippen LogP contribution in [0.2, 0.25) is 0 Å². The molecule has 0 saturated carbocycles. The van der Waals surface area contributed by atoms with Crippen LogP contribution < -0.4 is 0 Å². The Kier molecular flexibility index (Phi) is 4.91. The van der Waals surface area contributed by atoms with E-state index in [1.54, 1.807) is 19.1 Å². The van der Waals surface area contributed by atoms with Crippen LogP contribution in [0.1, 0.15) is 15.9 Å². The van der Waals surface area contributed by atoms with E-state index in [-0.39, 0.29) is 11.7 Å². The van der Waals surface area contributed by atoms with Gasteiger partial charge in [-0.2, -0.15) is 0 Å². The molecule has 6 heteroatoms. The van der Waals surface area contributed by atoms with Crippen LogP contribution in [0.4, 0.5) is 0 Å². The van der Waals surface area contributed by atoms with Gasteiger partial charge in [-0.25, -0.2) is 4.79 Å². The molecule has 1 aliphatic heterocycles. The molecule has 1 aliphatic rings. The summed E-state index contributed by atoms with van der Waals surface area (Å²) in [5, 5.41) is 9.10. The Labute approximate surface area is 121 Å². The summed E-state index contributed by atoms with van der Waals surface area (Å²) in [6.07, 6.45) is -0.0656. The van der Waals surface area contributed by atoms with Gasteiger partial charge in [-0.3, -0.25) is 4.21 Å². The van der Waals surface area contributed by atoms with Crippen molar-refractivity contribution in [1.29, 1.82) is 0 Å². The molecule has 0 bridgehead atoms. The van der Waals surface area contributed by atoms with Crippen molar-refractivity contribution in [3.05, 3.63) is 29.3 Å². The molecule has 1 aromatic carbocycles. The fraction of sp³-hybridized carbons (Fsp3) is 0.500. The number of rotatable bonds is 4. The molecular weight excluding hydrogens is 278 g/mol. The molecular formula is C14H19NO4S. The van der Waals surface area contributed by atoms with E-state index in [1.165, 1.54) is 6.07 Å². The van der Waals surface area contributed by atoms with E-state index in [0.717, 1.165) is 13.1 Å². The average Bonchev–Trinajstić information content (AvgIpc) is 2.38. The maximum atomic E-state index is 12.3. The van der Waals surface area contributed by atoms with Crippen LogP contribution in [-0.2, 0) is 15.5 Å². The summed E-state index contributed by atoms with van der Waals surface area (Å²) in [6.45, 7) is 4.02. The summed E-state index contributed by atoms with van der Waals surface area (Å²) in [5.41, 5.74) is 0.879. The third kappa shape index (κ3) is 3.65. The first kappa shape index (κ1) is 15.2. The van der Waals surface area contributed by atoms with E-state index >= 15 is 0 Å². The quantitative estimate of drug-likeness (QED) is 0.902. The first-order chi connectivity index (χ1) is 9.47. The summed E-state index contributed by atoms with van der Waals surface area (Å²) >= 11 is 0. The number of aryl methyl sites for hydroxylation is 1. The Bertz CT molecular complexity index is 532. The predicted octanol–water partition coefficient (Wildman–Crippen LogP) is 1.13. The lowest BCUT2D eigenvalue weighted by atomic mass is 10.1. The lowest BCUT2D eigenvalue weighted by Gasteiger charge is -2.29. The lowest BCUT2D eigenvalue weighted by molar-refractivity contribution is -0.00640. The number of aromatic carboxylic acids is 1. The minimum absolute atomic E-state index is 0.0656. The second-order valence-corrected chi connectivity index (χ2v) is 6.54. The van der Waals surface area contributed by atoms with Gasteiger partial charge in [-0.1, -0.05) is 6.07 Å². The Morgan fingerprint density at radius 3 is 2.95 bits per heavy atom. The van der Waals surface area contributed by atoms with Crippen molar-refractivity contribution in [2.45, 2.75) is 17.9 Å². The minimum atomic E-state index is -1.25. The van der Waals surface area contributed by atoms with Crippen LogP contribution in [0.25, 0.3) is 0 Å². The highest BCUT2D eigenvalue weighted by Crippen LogP contribution is 2.16. The third-order valence-electron chi connectivity index (χ3n) is 3.38. The number of nitrogens with zero attached hydrogens (tertiary/aromatic N) is 1. The standard InChI is InChI=1S/C14H19NO4S/c1-10-3-4-12(7-13(10)14(16)17)20(18)9-11-8-15(2)5-6-19-11/h3-4,7,11H,5-6,8-9H2,1-2H3,(H,16,17). The Morgan fingerprint density at radius 2 is 2.30 bits per heavy atom. The van der Waals surface area contributed by atoms with Crippen molar-refractivity contribution in [2.24, 2.45) is 0 Å². The number of likely N-dealkylation sites (N-methyl/N-ethyl adjacent to an activating group) is 1. The molecule has 0 aliphatic carbocycles. The molecule has 20 heavy (non-hydrogen) atoms. The number of hydrogen-bond acceptors (Lipinski definition) is 4. The van der Waals surface area contributed by atoms with Crippen molar-refractivity contribution < 1.29 is 18.8 Å². The monoisotopic (exact) mass is 297 g/mol. The Morgan fingerprint density at radius 1 is 1.55 bits per heavy atom. The van der Waals surface area contributed by atoms with Crippen LogP contribution in [0, 0.1) is 6.92 Å². The Balaban J connectivity index is 2.09. The number of benzene rings is 1. The van der Waals surface area contributed by atoms with E-state index in [1.807, 2.05) is 7.05 Å². The van der Waals surface area contributed by atoms with Crippen LogP contribution in [0.15, 0.2) is 23.1 Å². The molecule has 2 rings (SSSR count). The molecule has 2 atom stereocenters. The highest BCUT2D eigenvalue weighted by molar-refractivity contribution is 7.85. The zero-order valence-electron chi connectivity index (χ0n) is 11.7. The van der Waals surface area contributed by atoms with Crippen molar-refractivity contribution in [3.8, 4) is 0 Å². The molecule has 1 fully saturated rings. The molecule has 0 amide bonds. The van der Waals surface area contributed by atoms with Crippen LogP contribution in [0.3, 0.4) is 0 Å². The first-order valence-electron chi connectivity index (χ1n) is 6.50. The minimum Gasteiger partial charge on any atom is -0.478 e. The van der Waals surface area contributed by atoms with Crippen LogP contribution in [-0.4, -0.2) is 58.8 Å². The molecule has 1 aromatic rings. The summed E-state index contributed by atoms with van der Waals surface area (Å²) in [6, 6.07) is 4.93. The van der Waals surface area contributed by atoms with Gasteiger partial charge in [0.05, 0.1) is 34.8 Å². The van der Waals surface area contributed by atoms with Crippen molar-refractivity contribution in [2.75, 3.05) is 32.5 Å². The van der Waals surface area contributed by atoms with Gasteiger partial charge in [0.2, 0.25) is 0 Å². The lowest BCUT2D eigenvalue weighted by Crippen LogP contribution is -2.42. The van der Waals surface area contributed by atoms with Crippen LogP contribution in [0.5, 0.6) is 0 Å². The fourth-order valence-electron chi connectivity index (χ4n) is 2.21. The smallest absolute Gasteiger partial charge is 0.335 e. The van der Waals surface area contributed by atoms with Gasteiger partial charge in [0.1, 0.15) is 0 Å². The van der Waals surface area contributed by atoms with Gasteiger partial charge in [0.25, 0.3) is 0 Å². The summed E-state index contributed by atoms with van der Waals surface area (Å²) < 4.78 is 17.9. The van der Waals surface area contributed by atoms with Crippen molar-refractivity contribution in [3.63, 3.8) is 0 Å². The van der Waals surface area contributed by atoms with E-state index < -0.39 is 16.8 Å². The zero-order chi connectivity index (χ0) is 14.7. The number of hydrogen-bond donors (Lipinski definition) is 1. The SMILES string of the molecule is Cc1ccc(S(=O)CC2CN(C)CCO2)cc1C(=O)O. The van der Waals surface area contributed by atoms with Gasteiger partial charge < -0.3 is 14.7 Å². The van der Waals surface area contributed by atoms with E-state index in [9.17, 15) is 9.00 Å². The largest absolute Gasteiger partial charge is 0.478 e. The average molecular weight is 297 g/mol. The van der Waals surface area contributed by atoms with E-state index in [4.69, 9.17) is 9.84 Å². The fourth-order valence-corrected chi connectivity index (χ4v) is 3.41. The van der Waals surface area contributed by atoms with Crippen molar-refractivity contribution >= 4 is 16.8 Å². The molecule has 1 N–H and O–H groups in total. The van der Waals surface area contributed by atoms with Gasteiger partial charge >= 0.3 is 5.97 Å². The van der Waals surface area contributed by atoms with Gasteiger partial charge in [-0.15, -0.1) is 0 Å². The van der Waals surface area contributed by atoms with Gasteiger partial charge in [0, 0.05) is 18.0 Å². The number of carboxylic acids is 1. The number of morpholine rings is 1. The van der Waals surface area contributed by atoms with Gasteiger partial charge in [0.15, 0.2) is 0 Å². The number of ether oxygens (including phenoxy) is 1. The maximum Gasteiger partial charge on any atom is 0.335 e. The second kappa shape index (κ2) is 6.47. The second-order valence-electron chi connectivity index (χ2n) is 5.05.